The number of nitrogens with two attached hydrogens (primary N) is 1. The van der Waals surface area contributed by atoms with Crippen LogP contribution in [0.3, 0.4) is 0 Å². The van der Waals surface area contributed by atoms with Crippen molar-refractivity contribution >= 4 is 11.6 Å². The third-order valence-electron chi connectivity index (χ3n) is 3.92. The van der Waals surface area contributed by atoms with Gasteiger partial charge in [-0.15, -0.1) is 0 Å². The van der Waals surface area contributed by atoms with Crippen molar-refractivity contribution in [1.29, 1.82) is 0 Å². The van der Waals surface area contributed by atoms with Crippen LogP contribution in [-0.4, -0.2) is 34.1 Å². The first kappa shape index (κ1) is 13.9. The van der Waals surface area contributed by atoms with Gasteiger partial charge in [-0.2, -0.15) is 5.10 Å². The minimum absolute atomic E-state index is 0.0524. The Hall–Kier alpha value is -1.52. The number of hydrogen-bond acceptors (Lipinski definition) is 3. The molecule has 1 aromatic rings. The van der Waals surface area contributed by atoms with E-state index in [0.717, 1.165) is 31.5 Å². The molecular weight excluding hydrogens is 240 g/mol. The predicted molar refractivity (Wildman–Crippen MR) is 76.0 cm³/mol. The molecule has 1 aliphatic rings. The monoisotopic (exact) mass is 264 g/mol. The van der Waals surface area contributed by atoms with E-state index in [1.54, 1.807) is 0 Å². The average molecular weight is 264 g/mol. The van der Waals surface area contributed by atoms with E-state index in [4.69, 9.17) is 5.73 Å². The van der Waals surface area contributed by atoms with Crippen LogP contribution in [0.15, 0.2) is 0 Å². The molecule has 1 fully saturated rings. The van der Waals surface area contributed by atoms with Crippen molar-refractivity contribution in [2.75, 3.05) is 18.8 Å². The van der Waals surface area contributed by atoms with Crippen molar-refractivity contribution in [2.45, 2.75) is 46.0 Å². The third-order valence-corrected chi connectivity index (χ3v) is 3.92. The summed E-state index contributed by atoms with van der Waals surface area (Å²) in [5, 5.41) is 7.08. The third kappa shape index (κ3) is 2.91. The average Bonchev–Trinajstić information content (AvgIpc) is 3.18. The van der Waals surface area contributed by atoms with E-state index < -0.39 is 0 Å². The molecule has 1 unspecified atom stereocenters. The Bertz CT molecular complexity index is 450. The second-order valence-corrected chi connectivity index (χ2v) is 5.53. The van der Waals surface area contributed by atoms with Crippen LogP contribution in [0.5, 0.6) is 0 Å². The molecule has 3 N–H and O–H groups in total. The number of nitrogen functional groups attached to an aromatic ring is 1. The maximum absolute atomic E-state index is 12.5. The van der Waals surface area contributed by atoms with Gasteiger partial charge >= 0.3 is 0 Å². The molecule has 1 aromatic heterocycles. The van der Waals surface area contributed by atoms with Gasteiger partial charge in [-0.1, -0.05) is 20.3 Å². The minimum atomic E-state index is -0.0524. The van der Waals surface area contributed by atoms with Crippen molar-refractivity contribution in [3.8, 4) is 0 Å². The Morgan fingerprint density at radius 1 is 1.53 bits per heavy atom. The molecule has 1 amide bonds. The number of carbonyl (C=O) groups excluding carboxylic acids is 1. The maximum Gasteiger partial charge on any atom is 0.276 e. The number of aromatic amines is 1. The molecule has 106 valence electrons. The Balaban J connectivity index is 2.12. The standard InChI is InChI=1S/C14H24N4O/c1-4-9(3)8-18(5-2)14(19)13-11(15)12(16-17-13)10-6-7-10/h9-10H,4-8,15H2,1-3H3,(H,16,17). The lowest BCUT2D eigenvalue weighted by Gasteiger charge is -2.23. The highest BCUT2D eigenvalue weighted by molar-refractivity contribution is 5.97. The summed E-state index contributed by atoms with van der Waals surface area (Å²) in [5.41, 5.74) is 7.95. The van der Waals surface area contributed by atoms with Gasteiger partial charge in [-0.25, -0.2) is 0 Å². The maximum atomic E-state index is 12.5. The molecule has 0 radical (unpaired) electrons. The highest BCUT2D eigenvalue weighted by atomic mass is 16.2. The van der Waals surface area contributed by atoms with Crippen LogP contribution in [0.2, 0.25) is 0 Å². The number of nitrogens with zero attached hydrogens (tertiary/aromatic N) is 2. The lowest BCUT2D eigenvalue weighted by molar-refractivity contribution is 0.0736. The summed E-state index contributed by atoms with van der Waals surface area (Å²) in [6, 6.07) is 0. The SMILES string of the molecule is CCC(C)CN(CC)C(=O)c1n[nH]c(C2CC2)c1N. The van der Waals surface area contributed by atoms with Gasteiger partial charge in [0.2, 0.25) is 0 Å². The topological polar surface area (TPSA) is 75.0 Å². The number of hydrogen-bond donors (Lipinski definition) is 2. The second kappa shape index (κ2) is 5.63. The summed E-state index contributed by atoms with van der Waals surface area (Å²) in [5.74, 6) is 0.925. The van der Waals surface area contributed by atoms with Crippen molar-refractivity contribution in [1.82, 2.24) is 15.1 Å². The number of nitrogens with one attached hydrogen (secondary N) is 1. The largest absolute Gasteiger partial charge is 0.395 e. The molecule has 5 nitrogen and oxygen atoms in total. The van der Waals surface area contributed by atoms with Crippen molar-refractivity contribution < 1.29 is 4.79 Å². The summed E-state index contributed by atoms with van der Waals surface area (Å²) in [6.07, 6.45) is 3.35. The number of carbonyl (C=O) groups is 1. The van der Waals surface area contributed by atoms with Crippen LogP contribution in [0.1, 0.15) is 62.1 Å². The first-order valence-corrected chi connectivity index (χ1v) is 7.21. The summed E-state index contributed by atoms with van der Waals surface area (Å²) in [6.45, 7) is 7.73. The van der Waals surface area contributed by atoms with Gasteiger partial charge in [0.1, 0.15) is 0 Å². The van der Waals surface area contributed by atoms with Crippen molar-refractivity contribution in [3.05, 3.63) is 11.4 Å². The Labute approximate surface area is 114 Å². The predicted octanol–water partition coefficient (Wildman–Crippen LogP) is 2.38. The summed E-state index contributed by atoms with van der Waals surface area (Å²) < 4.78 is 0. The highest BCUT2D eigenvalue weighted by Gasteiger charge is 2.31. The summed E-state index contributed by atoms with van der Waals surface area (Å²) in [7, 11) is 0. The zero-order valence-corrected chi connectivity index (χ0v) is 12.1. The molecular formula is C14H24N4O. The molecule has 1 saturated carbocycles. The van der Waals surface area contributed by atoms with Crippen LogP contribution < -0.4 is 5.73 Å². The van der Waals surface area contributed by atoms with Gasteiger partial charge in [0, 0.05) is 19.0 Å². The normalized spacial score (nSPS) is 16.4. The van der Waals surface area contributed by atoms with E-state index in [0.29, 0.717) is 29.8 Å². The van der Waals surface area contributed by atoms with Gasteiger partial charge in [-0.3, -0.25) is 9.89 Å². The molecule has 0 aromatic carbocycles. The molecule has 0 saturated heterocycles. The van der Waals surface area contributed by atoms with Gasteiger partial charge in [0.05, 0.1) is 11.4 Å². The second-order valence-electron chi connectivity index (χ2n) is 5.53. The van der Waals surface area contributed by atoms with Crippen LogP contribution in [0, 0.1) is 5.92 Å². The quantitative estimate of drug-likeness (QED) is 0.828. The number of rotatable bonds is 6. The fraction of sp³-hybridized carbons (Fsp3) is 0.714. The fourth-order valence-corrected chi connectivity index (χ4v) is 2.22. The molecule has 1 atom stereocenters. The van der Waals surface area contributed by atoms with E-state index in [2.05, 4.69) is 24.0 Å². The van der Waals surface area contributed by atoms with Crippen LogP contribution in [-0.2, 0) is 0 Å². The molecule has 5 heteroatoms. The molecule has 1 heterocycles. The van der Waals surface area contributed by atoms with E-state index in [1.807, 2.05) is 11.8 Å². The highest BCUT2D eigenvalue weighted by Crippen LogP contribution is 2.42. The van der Waals surface area contributed by atoms with Crippen molar-refractivity contribution in [2.24, 2.45) is 5.92 Å². The Kier molecular flexibility index (Phi) is 4.12. The Morgan fingerprint density at radius 3 is 2.74 bits per heavy atom. The lowest BCUT2D eigenvalue weighted by atomic mass is 10.1. The van der Waals surface area contributed by atoms with E-state index in [9.17, 15) is 4.79 Å². The van der Waals surface area contributed by atoms with E-state index in [1.165, 1.54) is 0 Å². The van der Waals surface area contributed by atoms with Gasteiger partial charge < -0.3 is 10.6 Å². The fourth-order valence-electron chi connectivity index (χ4n) is 2.22. The number of amides is 1. The smallest absolute Gasteiger partial charge is 0.276 e. The summed E-state index contributed by atoms with van der Waals surface area (Å²) in [4.78, 5) is 14.3. The van der Waals surface area contributed by atoms with E-state index in [-0.39, 0.29) is 5.91 Å². The minimum Gasteiger partial charge on any atom is -0.395 e. The zero-order valence-electron chi connectivity index (χ0n) is 12.1. The number of anilines is 1. The van der Waals surface area contributed by atoms with Crippen LogP contribution in [0.25, 0.3) is 0 Å². The first-order valence-electron chi connectivity index (χ1n) is 7.21. The number of H-pyrrole nitrogens is 1. The number of aromatic nitrogens is 2. The Morgan fingerprint density at radius 2 is 2.21 bits per heavy atom. The molecule has 0 bridgehead atoms. The van der Waals surface area contributed by atoms with Gasteiger partial charge in [0.15, 0.2) is 5.69 Å². The van der Waals surface area contributed by atoms with Gasteiger partial charge in [-0.05, 0) is 25.7 Å². The molecule has 1 aliphatic carbocycles. The lowest BCUT2D eigenvalue weighted by Crippen LogP contribution is -2.35. The van der Waals surface area contributed by atoms with Gasteiger partial charge in [0.25, 0.3) is 5.91 Å². The molecule has 0 aliphatic heterocycles. The molecule has 2 rings (SSSR count). The van der Waals surface area contributed by atoms with Crippen LogP contribution >= 0.6 is 0 Å². The van der Waals surface area contributed by atoms with Crippen molar-refractivity contribution in [3.63, 3.8) is 0 Å². The first-order chi connectivity index (χ1) is 9.08. The zero-order chi connectivity index (χ0) is 14.0. The summed E-state index contributed by atoms with van der Waals surface area (Å²) >= 11 is 0. The van der Waals surface area contributed by atoms with E-state index >= 15 is 0 Å². The van der Waals surface area contributed by atoms with Crippen LogP contribution in [0.4, 0.5) is 5.69 Å². The molecule has 0 spiro atoms. The molecule has 19 heavy (non-hydrogen) atoms.